The number of halogens is 3. The lowest BCUT2D eigenvalue weighted by Crippen LogP contribution is -2.03. The van der Waals surface area contributed by atoms with Gasteiger partial charge in [-0.2, -0.15) is 0 Å². The van der Waals surface area contributed by atoms with E-state index in [1.807, 2.05) is 6.07 Å². The number of anilines is 1. The average molecular weight is 393 g/mol. The van der Waals surface area contributed by atoms with Crippen LogP contribution in [0.5, 0.6) is 0 Å². The quantitative estimate of drug-likeness (QED) is 0.679. The van der Waals surface area contributed by atoms with Crippen LogP contribution in [-0.2, 0) is 0 Å². The van der Waals surface area contributed by atoms with Gasteiger partial charge in [-0.3, -0.25) is 0 Å². The Bertz CT molecular complexity index is 610. The highest BCUT2D eigenvalue weighted by molar-refractivity contribution is 9.10. The first kappa shape index (κ1) is 15.9. The van der Waals surface area contributed by atoms with Crippen molar-refractivity contribution in [3.63, 3.8) is 0 Å². The molecular formula is C13H12BrCl2N3S. The van der Waals surface area contributed by atoms with Crippen LogP contribution in [-0.4, -0.2) is 16.5 Å². The summed E-state index contributed by atoms with van der Waals surface area (Å²) in [5.74, 6) is 0.780. The van der Waals surface area contributed by atoms with Gasteiger partial charge in [-0.1, -0.05) is 41.9 Å². The third-order valence-electron chi connectivity index (χ3n) is 2.40. The minimum Gasteiger partial charge on any atom is -0.369 e. The second kappa shape index (κ2) is 7.50. The van der Waals surface area contributed by atoms with Crippen LogP contribution >= 0.6 is 50.9 Å². The van der Waals surface area contributed by atoms with Crippen molar-refractivity contribution in [2.24, 2.45) is 0 Å². The highest BCUT2D eigenvalue weighted by Crippen LogP contribution is 2.38. The van der Waals surface area contributed by atoms with Gasteiger partial charge in [0.05, 0.1) is 9.50 Å². The van der Waals surface area contributed by atoms with E-state index >= 15 is 0 Å². The molecule has 0 bridgehead atoms. The molecule has 1 N–H and O–H groups in total. The highest BCUT2D eigenvalue weighted by Gasteiger charge is 2.12. The molecule has 0 unspecified atom stereocenters. The fourth-order valence-electron chi connectivity index (χ4n) is 1.45. The lowest BCUT2D eigenvalue weighted by atomic mass is 10.4. The summed E-state index contributed by atoms with van der Waals surface area (Å²) in [7, 11) is 0. The molecule has 106 valence electrons. The molecular weight excluding hydrogens is 381 g/mol. The highest BCUT2D eigenvalue weighted by atomic mass is 79.9. The van der Waals surface area contributed by atoms with E-state index in [2.05, 4.69) is 38.1 Å². The van der Waals surface area contributed by atoms with Crippen LogP contribution in [0.2, 0.25) is 10.0 Å². The number of rotatable bonds is 5. The minimum atomic E-state index is 0.645. The molecule has 0 saturated carbocycles. The van der Waals surface area contributed by atoms with Gasteiger partial charge in [0.1, 0.15) is 17.2 Å². The molecule has 0 atom stereocenters. The summed E-state index contributed by atoms with van der Waals surface area (Å²) in [5, 5.41) is 5.33. The second-order valence-electron chi connectivity index (χ2n) is 3.94. The van der Waals surface area contributed by atoms with Crippen molar-refractivity contribution in [3.05, 3.63) is 39.0 Å². The molecule has 3 nitrogen and oxygen atoms in total. The van der Waals surface area contributed by atoms with Gasteiger partial charge in [0.2, 0.25) is 0 Å². The molecule has 1 aromatic carbocycles. The van der Waals surface area contributed by atoms with E-state index < -0.39 is 0 Å². The SMILES string of the molecule is CCCNc1ncnc(Sc2cc(Cl)ccc2Cl)c1Br. The lowest BCUT2D eigenvalue weighted by molar-refractivity contribution is 0.946. The standard InChI is InChI=1S/C13H12BrCl2N3S/c1-2-5-17-12-11(14)13(19-7-18-12)20-10-6-8(15)3-4-9(10)16/h3-4,6-7H,2,5H2,1H3,(H,17,18,19). The number of hydrogen-bond donors (Lipinski definition) is 1. The smallest absolute Gasteiger partial charge is 0.144 e. The number of hydrogen-bond acceptors (Lipinski definition) is 4. The maximum Gasteiger partial charge on any atom is 0.144 e. The van der Waals surface area contributed by atoms with Gasteiger partial charge in [-0.05, 0) is 40.5 Å². The summed E-state index contributed by atoms with van der Waals surface area (Å²) in [6.45, 7) is 2.96. The predicted octanol–water partition coefficient (Wildman–Crippen LogP) is 5.52. The first-order valence-corrected chi connectivity index (χ1v) is 8.35. The van der Waals surface area contributed by atoms with Crippen molar-refractivity contribution >= 4 is 56.7 Å². The van der Waals surface area contributed by atoms with Gasteiger partial charge in [0.15, 0.2) is 0 Å². The van der Waals surface area contributed by atoms with Gasteiger partial charge >= 0.3 is 0 Å². The summed E-state index contributed by atoms with van der Waals surface area (Å²) >= 11 is 17.1. The maximum atomic E-state index is 6.17. The normalized spacial score (nSPS) is 10.6. The molecule has 7 heteroatoms. The predicted molar refractivity (Wildman–Crippen MR) is 89.1 cm³/mol. The Morgan fingerprint density at radius 1 is 1.30 bits per heavy atom. The van der Waals surface area contributed by atoms with Crippen LogP contribution in [0.25, 0.3) is 0 Å². The van der Waals surface area contributed by atoms with E-state index in [0.717, 1.165) is 33.2 Å². The summed E-state index contributed by atoms with van der Waals surface area (Å²) in [6.07, 6.45) is 2.56. The zero-order valence-electron chi connectivity index (χ0n) is 10.7. The largest absolute Gasteiger partial charge is 0.369 e. The molecule has 0 aliphatic heterocycles. The van der Waals surface area contributed by atoms with Crippen molar-refractivity contribution in [2.45, 2.75) is 23.3 Å². The summed E-state index contributed by atoms with van der Waals surface area (Å²) < 4.78 is 0.828. The van der Waals surface area contributed by atoms with E-state index in [-0.39, 0.29) is 0 Å². The molecule has 20 heavy (non-hydrogen) atoms. The Hall–Kier alpha value is -0.490. The van der Waals surface area contributed by atoms with Gasteiger partial charge in [-0.15, -0.1) is 0 Å². The maximum absolute atomic E-state index is 6.17. The molecule has 2 rings (SSSR count). The fraction of sp³-hybridized carbons (Fsp3) is 0.231. The van der Waals surface area contributed by atoms with Crippen LogP contribution < -0.4 is 5.32 Å². The Kier molecular flexibility index (Phi) is 5.96. The van der Waals surface area contributed by atoms with Crippen molar-refractivity contribution in [1.82, 2.24) is 9.97 Å². The second-order valence-corrected chi connectivity index (χ2v) is 6.61. The summed E-state index contributed by atoms with van der Waals surface area (Å²) in [5.41, 5.74) is 0. The number of nitrogens with one attached hydrogen (secondary N) is 1. The van der Waals surface area contributed by atoms with Gasteiger partial charge < -0.3 is 5.32 Å². The molecule has 0 aliphatic rings. The number of aromatic nitrogens is 2. The van der Waals surface area contributed by atoms with Crippen molar-refractivity contribution in [3.8, 4) is 0 Å². The zero-order valence-corrected chi connectivity index (χ0v) is 14.6. The van der Waals surface area contributed by atoms with Gasteiger partial charge in [-0.25, -0.2) is 9.97 Å². The van der Waals surface area contributed by atoms with E-state index in [1.165, 1.54) is 18.1 Å². The van der Waals surface area contributed by atoms with Gasteiger partial charge in [0.25, 0.3) is 0 Å². The van der Waals surface area contributed by atoms with Crippen molar-refractivity contribution < 1.29 is 0 Å². The first-order chi connectivity index (χ1) is 9.61. The van der Waals surface area contributed by atoms with Gasteiger partial charge in [0, 0.05) is 16.5 Å². The molecule has 1 heterocycles. The molecule has 2 aromatic rings. The van der Waals surface area contributed by atoms with Crippen LogP contribution in [0, 0.1) is 0 Å². The summed E-state index contributed by atoms with van der Waals surface area (Å²) in [4.78, 5) is 9.35. The lowest BCUT2D eigenvalue weighted by Gasteiger charge is -2.10. The van der Waals surface area contributed by atoms with Crippen LogP contribution in [0.3, 0.4) is 0 Å². The Labute approximate surface area is 140 Å². The Morgan fingerprint density at radius 2 is 2.10 bits per heavy atom. The molecule has 0 amide bonds. The number of nitrogens with zero attached hydrogens (tertiary/aromatic N) is 2. The van der Waals surface area contributed by atoms with Crippen molar-refractivity contribution in [1.29, 1.82) is 0 Å². The molecule has 0 spiro atoms. The summed E-state index contributed by atoms with van der Waals surface area (Å²) in [6, 6.07) is 5.36. The first-order valence-electron chi connectivity index (χ1n) is 5.99. The fourth-order valence-corrected chi connectivity index (χ4v) is 3.35. The molecule has 0 saturated heterocycles. The third kappa shape index (κ3) is 4.01. The van der Waals surface area contributed by atoms with E-state index in [0.29, 0.717) is 10.0 Å². The molecule has 0 aliphatic carbocycles. The minimum absolute atomic E-state index is 0.645. The zero-order chi connectivity index (χ0) is 14.5. The van der Waals surface area contributed by atoms with Crippen LogP contribution in [0.4, 0.5) is 5.82 Å². The van der Waals surface area contributed by atoms with E-state index in [9.17, 15) is 0 Å². The topological polar surface area (TPSA) is 37.8 Å². The third-order valence-corrected chi connectivity index (χ3v) is 5.15. The average Bonchev–Trinajstić information content (AvgIpc) is 2.44. The van der Waals surface area contributed by atoms with Crippen molar-refractivity contribution in [2.75, 3.05) is 11.9 Å². The van der Waals surface area contributed by atoms with Crippen LogP contribution in [0.15, 0.2) is 38.9 Å². The van der Waals surface area contributed by atoms with E-state index in [1.54, 1.807) is 12.1 Å². The van der Waals surface area contributed by atoms with E-state index in [4.69, 9.17) is 23.2 Å². The Balaban J connectivity index is 2.27. The van der Waals surface area contributed by atoms with Crippen LogP contribution in [0.1, 0.15) is 13.3 Å². The monoisotopic (exact) mass is 391 g/mol. The molecule has 1 aromatic heterocycles. The molecule has 0 fully saturated rings. The molecule has 0 radical (unpaired) electrons. The number of benzene rings is 1. The Morgan fingerprint density at radius 3 is 2.85 bits per heavy atom.